The van der Waals surface area contributed by atoms with Crippen LogP contribution in [-0.4, -0.2) is 57.6 Å². The van der Waals surface area contributed by atoms with Gasteiger partial charge in [0.1, 0.15) is 11.2 Å². The Morgan fingerprint density at radius 1 is 0.741 bits per heavy atom. The number of fused-ring (bicyclic) bond motifs is 1. The lowest BCUT2D eigenvalue weighted by molar-refractivity contribution is 0.00570. The number of ether oxygens (including phenoxy) is 2. The maximum absolute atomic E-state index is 12.9. The molecule has 11 nitrogen and oxygen atoms in total. The summed E-state index contributed by atoms with van der Waals surface area (Å²) in [4.78, 5) is 49.5. The van der Waals surface area contributed by atoms with Crippen LogP contribution in [0.3, 0.4) is 0 Å². The fourth-order valence-corrected chi connectivity index (χ4v) is 7.17. The summed E-state index contributed by atoms with van der Waals surface area (Å²) >= 11 is 2.70. The molecule has 1 heterocycles. The van der Waals surface area contributed by atoms with Gasteiger partial charge in [0.2, 0.25) is 11.2 Å². The van der Waals surface area contributed by atoms with Gasteiger partial charge in [0.15, 0.2) is 0 Å². The van der Waals surface area contributed by atoms with E-state index in [-0.39, 0.29) is 24.3 Å². The van der Waals surface area contributed by atoms with E-state index in [9.17, 15) is 23.4 Å². The molecular formula is C40H44I2N4O7S. The second-order valence-corrected chi connectivity index (χ2v) is 18.2. The number of hydrogen-bond donors (Lipinski definition) is 2. The van der Waals surface area contributed by atoms with Gasteiger partial charge in [-0.1, -0.05) is 24.3 Å². The molecule has 5 rings (SSSR count). The van der Waals surface area contributed by atoms with Gasteiger partial charge >= 0.3 is 11.9 Å². The molecule has 0 fully saturated rings. The molecule has 0 aliphatic carbocycles. The maximum Gasteiger partial charge on any atom is 0.338 e. The Hall–Kier alpha value is -4.03. The van der Waals surface area contributed by atoms with Gasteiger partial charge in [0.25, 0.3) is 11.8 Å². The summed E-state index contributed by atoms with van der Waals surface area (Å²) in [6.07, 6.45) is 0. The van der Waals surface area contributed by atoms with E-state index in [0.29, 0.717) is 34.5 Å². The number of halogens is 2. The van der Waals surface area contributed by atoms with Crippen LogP contribution in [0.5, 0.6) is 0 Å². The van der Waals surface area contributed by atoms with Crippen molar-refractivity contribution in [1.29, 1.82) is 0 Å². The van der Waals surface area contributed by atoms with Gasteiger partial charge in [-0.05, 0) is 159 Å². The number of carbonyl (C=O) groups excluding carboxylic acids is 4. The molecule has 0 saturated heterocycles. The number of hydrogen-bond acceptors (Lipinski definition) is 8. The second-order valence-electron chi connectivity index (χ2n) is 14.3. The Labute approximate surface area is 346 Å². The van der Waals surface area contributed by atoms with Crippen LogP contribution >= 0.6 is 45.2 Å². The molecule has 2 amide bonds. The minimum Gasteiger partial charge on any atom is -0.456 e. The lowest BCUT2D eigenvalue weighted by Crippen LogP contribution is -2.45. The van der Waals surface area contributed by atoms with E-state index in [4.69, 9.17) is 9.47 Å². The monoisotopic (exact) mass is 978 g/mol. The number of nitrogens with zero attached hydrogens (tertiary/aromatic N) is 2. The quantitative estimate of drug-likeness (QED) is 0.134. The average molecular weight is 979 g/mol. The number of nitrogens with one attached hydrogen (secondary N) is 2. The molecule has 1 atom stereocenters. The van der Waals surface area contributed by atoms with Crippen LogP contribution < -0.4 is 14.9 Å². The summed E-state index contributed by atoms with van der Waals surface area (Å²) in [6.45, 7) is 11.5. The number of amides is 2. The van der Waals surface area contributed by atoms with Gasteiger partial charge in [0.05, 0.1) is 34.5 Å². The number of benzene rings is 4. The van der Waals surface area contributed by atoms with E-state index in [2.05, 4.69) is 55.8 Å². The predicted octanol–water partition coefficient (Wildman–Crippen LogP) is 8.14. The van der Waals surface area contributed by atoms with Gasteiger partial charge in [-0.25, -0.2) is 18.1 Å². The average Bonchev–Trinajstić information content (AvgIpc) is 3.10. The van der Waals surface area contributed by atoms with Gasteiger partial charge in [0, 0.05) is 33.5 Å². The highest BCUT2D eigenvalue weighted by atomic mass is 127. The zero-order valence-electron chi connectivity index (χ0n) is 31.4. The molecule has 1 unspecified atom stereocenters. The van der Waals surface area contributed by atoms with Crippen molar-refractivity contribution in [3.8, 4) is 0 Å². The van der Waals surface area contributed by atoms with Gasteiger partial charge < -0.3 is 20.1 Å². The minimum atomic E-state index is -1.63. The molecule has 4 aromatic rings. The summed E-state index contributed by atoms with van der Waals surface area (Å²) in [5.41, 5.74) is 4.07. The molecular weight excluding hydrogens is 934 g/mol. The number of rotatable bonds is 8. The fourth-order valence-electron chi connectivity index (χ4n) is 5.06. The molecule has 2 N–H and O–H groups in total. The van der Waals surface area contributed by atoms with Crippen molar-refractivity contribution < 1.29 is 32.9 Å². The van der Waals surface area contributed by atoms with Crippen LogP contribution in [-0.2, 0) is 33.7 Å². The molecule has 0 aromatic heterocycles. The first-order valence-electron chi connectivity index (χ1n) is 16.9. The van der Waals surface area contributed by atoms with Gasteiger partial charge in [-0.15, -0.1) is 0 Å². The third-order valence-electron chi connectivity index (χ3n) is 7.63. The van der Waals surface area contributed by atoms with Crippen molar-refractivity contribution >= 4 is 91.5 Å². The van der Waals surface area contributed by atoms with Crippen LogP contribution in [0.2, 0.25) is 0 Å². The van der Waals surface area contributed by atoms with E-state index in [1.54, 1.807) is 66.9 Å². The van der Waals surface area contributed by atoms with Crippen molar-refractivity contribution in [3.05, 3.63) is 125 Å². The lowest BCUT2D eigenvalue weighted by Gasteiger charge is -2.33. The van der Waals surface area contributed by atoms with E-state index >= 15 is 0 Å². The molecule has 14 heteroatoms. The summed E-state index contributed by atoms with van der Waals surface area (Å²) in [5, 5.41) is 5.93. The number of anilines is 2. The highest BCUT2D eigenvalue weighted by Gasteiger charge is 2.34. The maximum atomic E-state index is 12.9. The Morgan fingerprint density at radius 2 is 1.24 bits per heavy atom. The Balaban J connectivity index is 0.000000241. The van der Waals surface area contributed by atoms with Crippen molar-refractivity contribution in [2.45, 2.75) is 65.8 Å². The second kappa shape index (κ2) is 18.1. The summed E-state index contributed by atoms with van der Waals surface area (Å²) in [6, 6.07) is 25.0. The Kier molecular flexibility index (Phi) is 14.3. The normalized spacial score (nSPS) is 14.0. The molecule has 1 aliphatic heterocycles. The molecule has 4 aromatic carbocycles. The van der Waals surface area contributed by atoms with Gasteiger partial charge in [-0.2, -0.15) is 0 Å². The molecule has 54 heavy (non-hydrogen) atoms. The van der Waals surface area contributed by atoms with Crippen molar-refractivity contribution in [3.63, 3.8) is 0 Å². The third-order valence-corrected chi connectivity index (χ3v) is 10.3. The summed E-state index contributed by atoms with van der Waals surface area (Å²) < 4.78 is 28.3. The molecule has 286 valence electrons. The highest BCUT2D eigenvalue weighted by molar-refractivity contribution is 14.1. The largest absolute Gasteiger partial charge is 0.456 e. The number of carbonyl (C=O) groups is 4. The van der Waals surface area contributed by atoms with Crippen LogP contribution in [0.25, 0.3) is 0 Å². The van der Waals surface area contributed by atoms with Crippen molar-refractivity contribution in [1.82, 2.24) is 9.62 Å². The molecule has 1 aliphatic rings. The van der Waals surface area contributed by atoms with Crippen molar-refractivity contribution in [2.75, 3.05) is 23.7 Å². The van der Waals surface area contributed by atoms with E-state index in [0.717, 1.165) is 24.0 Å². The van der Waals surface area contributed by atoms with E-state index in [1.165, 1.54) is 4.31 Å². The summed E-state index contributed by atoms with van der Waals surface area (Å²) in [7, 11) is 3.49. The SMILES string of the molecule is CN1c2ccc(I)cc2C(=O)N(Cc2ccc(C(=O)OC(C)(C)C)cc2)S1=O.CNc1ccc(I)cc1C(=O)NCc1ccc(C(=O)OC(C)(C)C)cc1. The predicted molar refractivity (Wildman–Crippen MR) is 229 cm³/mol. The topological polar surface area (TPSA) is 134 Å². The number of esters is 2. The Bertz CT molecular complexity index is 2040. The summed E-state index contributed by atoms with van der Waals surface area (Å²) in [5.74, 6) is -1.18. The first kappa shape index (κ1) is 42.7. The molecule has 0 spiro atoms. The zero-order valence-corrected chi connectivity index (χ0v) is 36.5. The molecule has 0 radical (unpaired) electrons. The van der Waals surface area contributed by atoms with E-state index < -0.39 is 28.3 Å². The minimum absolute atomic E-state index is 0.149. The van der Waals surface area contributed by atoms with Gasteiger partial charge in [-0.3, -0.25) is 13.9 Å². The smallest absolute Gasteiger partial charge is 0.338 e. The van der Waals surface area contributed by atoms with Crippen LogP contribution in [0.15, 0.2) is 84.9 Å². The van der Waals surface area contributed by atoms with Crippen LogP contribution in [0, 0.1) is 7.14 Å². The molecule has 0 saturated carbocycles. The first-order chi connectivity index (χ1) is 25.3. The highest BCUT2D eigenvalue weighted by Crippen LogP contribution is 2.31. The zero-order chi connectivity index (χ0) is 40.0. The van der Waals surface area contributed by atoms with Crippen molar-refractivity contribution in [2.24, 2.45) is 0 Å². The molecule has 0 bridgehead atoms. The fraction of sp³-hybridized carbons (Fsp3) is 0.300. The lowest BCUT2D eigenvalue weighted by atomic mass is 10.1. The first-order valence-corrected chi connectivity index (χ1v) is 20.2. The standard InChI is InChI=1S/C20H21IN2O4S.C20H23IN2O3/c1-20(2,3)27-19(25)14-7-5-13(6-8-14)12-23-18(24)16-11-15(21)9-10-17(16)22(4)28(23)26;1-20(2,3)26-19(25)14-7-5-13(6-8-14)12-23-18(24)16-11-15(21)9-10-17(16)22-4/h5-11H,12H2,1-4H3;5-11,22H,12H2,1-4H3,(H,23,24). The van der Waals surface area contributed by atoms with Crippen LogP contribution in [0.1, 0.15) is 94.1 Å². The Morgan fingerprint density at radius 3 is 1.76 bits per heavy atom. The van der Waals surface area contributed by atoms with E-state index in [1.807, 2.05) is 77.9 Å². The third kappa shape index (κ3) is 11.7. The van der Waals surface area contributed by atoms with Crippen LogP contribution in [0.4, 0.5) is 11.4 Å².